The third-order valence-electron chi connectivity index (χ3n) is 9.67. The second-order valence-electron chi connectivity index (χ2n) is 16.2. The number of hydrogen-bond donors (Lipinski definition) is 1. The first-order valence-electron chi connectivity index (χ1n) is 23.4. The van der Waals surface area contributed by atoms with Crippen LogP contribution in [0.15, 0.2) is 109 Å². The van der Waals surface area contributed by atoms with Crippen molar-refractivity contribution in [1.82, 2.24) is 0 Å². The Balaban J connectivity index is 4.43. The molecule has 0 bridgehead atoms. The molecule has 0 aromatic carbocycles. The van der Waals surface area contributed by atoms with Gasteiger partial charge in [0.05, 0.1) is 34.4 Å². The van der Waals surface area contributed by atoms with E-state index in [1.165, 1.54) is 12.8 Å². The molecule has 0 rings (SSSR count). The molecule has 0 heterocycles. The van der Waals surface area contributed by atoms with Crippen molar-refractivity contribution in [3.63, 3.8) is 0 Å². The largest absolute Gasteiger partial charge is 0.477 e. The summed E-state index contributed by atoms with van der Waals surface area (Å²) in [7, 11) is 5.50. The summed E-state index contributed by atoms with van der Waals surface area (Å²) in [5.41, 5.74) is 0. The molecule has 1 N–H and O–H groups in total. The highest BCUT2D eigenvalue weighted by molar-refractivity contribution is 5.72. The number of likely N-dealkylation sites (N-methyl/N-ethyl adjacent to an activating group) is 1. The van der Waals surface area contributed by atoms with Crippen LogP contribution >= 0.6 is 0 Å². The number of ether oxygens (including phenoxy) is 3. The molecule has 0 aromatic rings. The zero-order chi connectivity index (χ0) is 44.9. The van der Waals surface area contributed by atoms with E-state index in [0.29, 0.717) is 25.7 Å². The Morgan fingerprint density at radius 3 is 1.31 bits per heavy atom. The lowest BCUT2D eigenvalue weighted by molar-refractivity contribution is -0.887. The van der Waals surface area contributed by atoms with Crippen molar-refractivity contribution in [3.05, 3.63) is 109 Å². The average molecular weight is 849 g/mol. The van der Waals surface area contributed by atoms with Gasteiger partial charge in [-0.3, -0.25) is 9.59 Å². The van der Waals surface area contributed by atoms with Gasteiger partial charge in [0, 0.05) is 19.3 Å². The molecule has 2 unspecified atom stereocenters. The fourth-order valence-corrected chi connectivity index (χ4v) is 6.11. The Morgan fingerprint density at radius 1 is 0.492 bits per heavy atom. The number of carbonyl (C=O) groups is 3. The van der Waals surface area contributed by atoms with E-state index in [0.717, 1.165) is 103 Å². The van der Waals surface area contributed by atoms with Gasteiger partial charge in [-0.1, -0.05) is 149 Å². The Bertz CT molecular complexity index is 1360. The molecule has 8 nitrogen and oxygen atoms in total. The number of esters is 2. The SMILES string of the molecule is CC/C=C/C/C=C/C/C=C/C/C=C/C/C=C/C/C=C/CCCCC(=O)OCC(COCCC(C(=O)O)[N+](C)(C)C)OC(=O)CCCCCCCC/C=C/C/C=C/C/C=C/CC. The van der Waals surface area contributed by atoms with Crippen LogP contribution in [-0.2, 0) is 28.6 Å². The fourth-order valence-electron chi connectivity index (χ4n) is 6.11. The number of quaternary nitrogens is 1. The highest BCUT2D eigenvalue weighted by atomic mass is 16.6. The lowest BCUT2D eigenvalue weighted by Gasteiger charge is -2.31. The number of hydrogen-bond acceptors (Lipinski definition) is 6. The van der Waals surface area contributed by atoms with E-state index in [1.807, 2.05) is 21.1 Å². The van der Waals surface area contributed by atoms with Crippen LogP contribution in [0.2, 0.25) is 0 Å². The van der Waals surface area contributed by atoms with Gasteiger partial charge in [-0.05, 0) is 96.3 Å². The molecule has 0 saturated heterocycles. The molecule has 0 saturated carbocycles. The number of nitrogens with zero attached hydrogens (tertiary/aromatic N) is 1. The topological polar surface area (TPSA) is 99.1 Å². The van der Waals surface area contributed by atoms with E-state index < -0.39 is 18.1 Å². The molecule has 0 radical (unpaired) electrons. The molecule has 0 aliphatic carbocycles. The number of carbonyl (C=O) groups excluding carboxylic acids is 2. The van der Waals surface area contributed by atoms with Crippen molar-refractivity contribution >= 4 is 17.9 Å². The lowest BCUT2D eigenvalue weighted by atomic mass is 10.1. The second-order valence-corrected chi connectivity index (χ2v) is 16.2. The number of carboxylic acid groups (broad SMARTS) is 1. The summed E-state index contributed by atoms with van der Waals surface area (Å²) in [5.74, 6) is -1.56. The first kappa shape index (κ1) is 57.0. The van der Waals surface area contributed by atoms with Crippen molar-refractivity contribution < 1.29 is 38.2 Å². The molecule has 0 amide bonds. The Labute approximate surface area is 372 Å². The molecule has 344 valence electrons. The molecule has 2 atom stereocenters. The summed E-state index contributed by atoms with van der Waals surface area (Å²) in [6, 6.07) is -0.631. The smallest absolute Gasteiger partial charge is 0.362 e. The first-order valence-corrected chi connectivity index (χ1v) is 23.4. The minimum absolute atomic E-state index is 0.0339. The van der Waals surface area contributed by atoms with Gasteiger partial charge >= 0.3 is 17.9 Å². The molecule has 0 aliphatic rings. The summed E-state index contributed by atoms with van der Waals surface area (Å²) >= 11 is 0. The van der Waals surface area contributed by atoms with Crippen LogP contribution in [0, 0.1) is 0 Å². The summed E-state index contributed by atoms with van der Waals surface area (Å²) in [6.07, 6.45) is 58.5. The monoisotopic (exact) mass is 849 g/mol. The lowest BCUT2D eigenvalue weighted by Crippen LogP contribution is -2.50. The van der Waals surface area contributed by atoms with Crippen molar-refractivity contribution in [3.8, 4) is 0 Å². The Hall–Kier alpha value is -4.01. The van der Waals surface area contributed by atoms with E-state index in [9.17, 15) is 19.5 Å². The van der Waals surface area contributed by atoms with Gasteiger partial charge in [0.15, 0.2) is 12.1 Å². The van der Waals surface area contributed by atoms with Gasteiger partial charge in [-0.15, -0.1) is 0 Å². The molecule has 0 fully saturated rings. The van der Waals surface area contributed by atoms with E-state index in [2.05, 4.69) is 123 Å². The summed E-state index contributed by atoms with van der Waals surface area (Å²) in [4.78, 5) is 37.1. The highest BCUT2D eigenvalue weighted by Gasteiger charge is 2.31. The quantitative estimate of drug-likeness (QED) is 0.0284. The maximum absolute atomic E-state index is 12.7. The zero-order valence-corrected chi connectivity index (χ0v) is 39.1. The molecule has 8 heteroatoms. The van der Waals surface area contributed by atoms with Gasteiger partial charge in [0.25, 0.3) is 0 Å². The molecular formula is C53H86NO7+. The molecule has 0 spiro atoms. The predicted molar refractivity (Wildman–Crippen MR) is 256 cm³/mol. The third kappa shape index (κ3) is 41.1. The Morgan fingerprint density at radius 2 is 0.869 bits per heavy atom. The van der Waals surface area contributed by atoms with Crippen molar-refractivity contribution in [2.24, 2.45) is 0 Å². The van der Waals surface area contributed by atoms with Crippen LogP contribution in [0.1, 0.15) is 155 Å². The number of carboxylic acids is 1. The van der Waals surface area contributed by atoms with Crippen molar-refractivity contribution in [2.45, 2.75) is 167 Å². The average Bonchev–Trinajstić information content (AvgIpc) is 3.22. The predicted octanol–water partition coefficient (Wildman–Crippen LogP) is 13.2. The molecule has 0 aliphatic heterocycles. The highest BCUT2D eigenvalue weighted by Crippen LogP contribution is 2.12. The van der Waals surface area contributed by atoms with E-state index in [-0.39, 0.29) is 36.2 Å². The maximum atomic E-state index is 12.7. The third-order valence-corrected chi connectivity index (χ3v) is 9.67. The summed E-state index contributed by atoms with van der Waals surface area (Å²) in [6.45, 7) is 4.43. The second kappa shape index (κ2) is 42.7. The molecule has 0 aromatic heterocycles. The van der Waals surface area contributed by atoms with Gasteiger partial charge in [0.1, 0.15) is 6.61 Å². The first-order chi connectivity index (χ1) is 29.6. The van der Waals surface area contributed by atoms with Crippen molar-refractivity contribution in [1.29, 1.82) is 0 Å². The van der Waals surface area contributed by atoms with Crippen LogP contribution in [0.3, 0.4) is 0 Å². The standard InChI is InChI=1S/C53H85NO7/c1-6-8-10-12-14-16-18-20-22-24-25-26-27-28-30-31-33-35-37-39-41-43-51(55)60-48-49(47-59-46-45-50(53(57)58)54(3,4)5)61-52(56)44-42-40-38-36-34-32-29-23-21-19-17-15-13-11-9-7-2/h8-11,14-17,20-23,25-26,28,30,33,35,49-50H,6-7,12-13,18-19,24,27,29,31-32,34,36-48H2,1-5H3/p+1/b10-8+,11-9+,16-14+,17-15+,22-20+,23-21+,26-25+,30-28+,35-33+. The number of aliphatic carboxylic acids is 1. The van der Waals surface area contributed by atoms with Crippen LogP contribution in [0.4, 0.5) is 0 Å². The van der Waals surface area contributed by atoms with E-state index in [4.69, 9.17) is 14.2 Å². The van der Waals surface area contributed by atoms with Gasteiger partial charge in [-0.2, -0.15) is 0 Å². The van der Waals surface area contributed by atoms with Crippen LogP contribution < -0.4 is 0 Å². The molecule has 61 heavy (non-hydrogen) atoms. The van der Waals surface area contributed by atoms with Crippen LogP contribution in [-0.4, -0.2) is 80.6 Å². The fraction of sp³-hybridized carbons (Fsp3) is 0.604. The van der Waals surface area contributed by atoms with Gasteiger partial charge in [-0.25, -0.2) is 4.79 Å². The maximum Gasteiger partial charge on any atom is 0.362 e. The number of allylic oxidation sites excluding steroid dienone is 18. The van der Waals surface area contributed by atoms with Gasteiger partial charge < -0.3 is 23.8 Å². The Kier molecular flexibility index (Phi) is 39.9. The number of rotatable bonds is 40. The van der Waals surface area contributed by atoms with E-state index >= 15 is 0 Å². The van der Waals surface area contributed by atoms with Crippen LogP contribution in [0.5, 0.6) is 0 Å². The number of unbranched alkanes of at least 4 members (excludes halogenated alkanes) is 8. The zero-order valence-electron chi connectivity index (χ0n) is 39.1. The summed E-state index contributed by atoms with van der Waals surface area (Å²) < 4.78 is 17.2. The summed E-state index contributed by atoms with van der Waals surface area (Å²) in [5, 5.41) is 9.63. The van der Waals surface area contributed by atoms with Gasteiger partial charge in [0.2, 0.25) is 0 Å². The van der Waals surface area contributed by atoms with E-state index in [1.54, 1.807) is 0 Å². The van der Waals surface area contributed by atoms with Crippen LogP contribution in [0.25, 0.3) is 0 Å². The minimum Gasteiger partial charge on any atom is -0.477 e. The normalized spacial score (nSPS) is 13.9. The minimum atomic E-state index is -0.889. The van der Waals surface area contributed by atoms with Crippen molar-refractivity contribution in [2.75, 3.05) is 41.0 Å². The molecular weight excluding hydrogens is 763 g/mol.